The van der Waals surface area contributed by atoms with E-state index in [1.54, 1.807) is 0 Å². The monoisotopic (exact) mass is 357 g/mol. The van der Waals surface area contributed by atoms with E-state index >= 15 is 0 Å². The van der Waals surface area contributed by atoms with E-state index in [4.69, 9.17) is 4.98 Å². The van der Waals surface area contributed by atoms with E-state index in [0.29, 0.717) is 0 Å². The van der Waals surface area contributed by atoms with Crippen LogP contribution >= 0.6 is 0 Å². The standard InChI is InChI=1S/C22H23N5/c1-2-3-9-20-24-14-19(26-20)22-21(18-7-5-4-6-8-18)25-16-27(22)15-17-10-12-23-13-11-17/h4-8,10-14,16H,2-3,9,15H2,1H3,(H,24,26). The number of imidazole rings is 2. The Labute approximate surface area is 159 Å². The Balaban J connectivity index is 1.76. The van der Waals surface area contributed by atoms with Crippen LogP contribution < -0.4 is 0 Å². The van der Waals surface area contributed by atoms with Gasteiger partial charge in [-0.05, 0) is 24.1 Å². The van der Waals surface area contributed by atoms with Crippen molar-refractivity contribution in [3.63, 3.8) is 0 Å². The van der Waals surface area contributed by atoms with Gasteiger partial charge in [-0.1, -0.05) is 43.7 Å². The first-order chi connectivity index (χ1) is 13.3. The summed E-state index contributed by atoms with van der Waals surface area (Å²) >= 11 is 0. The molecule has 0 atom stereocenters. The Morgan fingerprint density at radius 2 is 1.81 bits per heavy atom. The van der Waals surface area contributed by atoms with Gasteiger partial charge in [0.1, 0.15) is 5.82 Å². The van der Waals surface area contributed by atoms with Crippen molar-refractivity contribution in [2.75, 3.05) is 0 Å². The summed E-state index contributed by atoms with van der Waals surface area (Å²) in [6.07, 6.45) is 10.7. The number of nitrogens with one attached hydrogen (secondary N) is 1. The number of pyridine rings is 1. The van der Waals surface area contributed by atoms with E-state index < -0.39 is 0 Å². The summed E-state index contributed by atoms with van der Waals surface area (Å²) in [5.74, 6) is 1.03. The third-order valence-corrected chi connectivity index (χ3v) is 4.64. The van der Waals surface area contributed by atoms with Gasteiger partial charge in [0.25, 0.3) is 0 Å². The summed E-state index contributed by atoms with van der Waals surface area (Å²) in [5, 5.41) is 0. The quantitative estimate of drug-likeness (QED) is 0.520. The number of hydrogen-bond acceptors (Lipinski definition) is 3. The molecule has 0 unspecified atom stereocenters. The third-order valence-electron chi connectivity index (χ3n) is 4.64. The van der Waals surface area contributed by atoms with Crippen LogP contribution in [0.15, 0.2) is 67.4 Å². The van der Waals surface area contributed by atoms with Gasteiger partial charge in [0, 0.05) is 30.9 Å². The molecule has 3 aromatic heterocycles. The zero-order chi connectivity index (χ0) is 18.5. The minimum Gasteiger partial charge on any atom is -0.341 e. The highest BCUT2D eigenvalue weighted by atomic mass is 15.1. The molecule has 0 aliphatic carbocycles. The lowest BCUT2D eigenvalue weighted by Gasteiger charge is -2.09. The number of rotatable bonds is 7. The van der Waals surface area contributed by atoms with E-state index in [1.807, 2.05) is 55.2 Å². The van der Waals surface area contributed by atoms with Crippen molar-refractivity contribution in [3.05, 3.63) is 78.8 Å². The van der Waals surface area contributed by atoms with Crippen LogP contribution in [-0.4, -0.2) is 24.5 Å². The van der Waals surface area contributed by atoms with Crippen LogP contribution in [-0.2, 0) is 13.0 Å². The van der Waals surface area contributed by atoms with Gasteiger partial charge in [-0.15, -0.1) is 0 Å². The second kappa shape index (κ2) is 7.99. The number of aromatic amines is 1. The van der Waals surface area contributed by atoms with Crippen LogP contribution in [0.1, 0.15) is 31.2 Å². The Morgan fingerprint density at radius 1 is 1.00 bits per heavy atom. The number of nitrogens with zero attached hydrogens (tertiary/aromatic N) is 4. The summed E-state index contributed by atoms with van der Waals surface area (Å²) in [5.41, 5.74) is 5.33. The van der Waals surface area contributed by atoms with Crippen molar-refractivity contribution in [1.29, 1.82) is 0 Å². The molecule has 0 spiro atoms. The molecule has 4 aromatic rings. The fourth-order valence-corrected chi connectivity index (χ4v) is 3.23. The van der Waals surface area contributed by atoms with Gasteiger partial charge in [-0.25, -0.2) is 9.97 Å². The average Bonchev–Trinajstić information content (AvgIpc) is 3.34. The molecular formula is C22H23N5. The summed E-state index contributed by atoms with van der Waals surface area (Å²) in [6.45, 7) is 2.93. The highest BCUT2D eigenvalue weighted by Crippen LogP contribution is 2.30. The second-order valence-corrected chi connectivity index (χ2v) is 6.64. The fraction of sp³-hybridized carbons (Fsp3) is 0.227. The van der Waals surface area contributed by atoms with Crippen molar-refractivity contribution >= 4 is 0 Å². The zero-order valence-electron chi connectivity index (χ0n) is 15.5. The van der Waals surface area contributed by atoms with Gasteiger partial charge in [0.05, 0.1) is 29.6 Å². The molecule has 0 saturated carbocycles. The number of aromatic nitrogens is 5. The van der Waals surface area contributed by atoms with Crippen molar-refractivity contribution in [1.82, 2.24) is 24.5 Å². The minimum atomic E-state index is 0.737. The normalized spacial score (nSPS) is 11.0. The summed E-state index contributed by atoms with van der Waals surface area (Å²) in [4.78, 5) is 16.9. The molecular weight excluding hydrogens is 334 g/mol. The molecule has 5 heteroatoms. The molecule has 136 valence electrons. The Kier molecular flexibility index (Phi) is 5.10. The van der Waals surface area contributed by atoms with Gasteiger partial charge in [0.2, 0.25) is 0 Å². The molecule has 0 fully saturated rings. The van der Waals surface area contributed by atoms with Crippen LogP contribution in [0, 0.1) is 0 Å². The lowest BCUT2D eigenvalue weighted by atomic mass is 10.1. The van der Waals surface area contributed by atoms with Crippen molar-refractivity contribution < 1.29 is 0 Å². The van der Waals surface area contributed by atoms with E-state index in [0.717, 1.165) is 54.3 Å². The summed E-state index contributed by atoms with van der Waals surface area (Å²) < 4.78 is 2.18. The Bertz CT molecular complexity index is 986. The summed E-state index contributed by atoms with van der Waals surface area (Å²) in [7, 11) is 0. The smallest absolute Gasteiger partial charge is 0.106 e. The molecule has 0 radical (unpaired) electrons. The first-order valence-electron chi connectivity index (χ1n) is 9.39. The number of aryl methyl sites for hydroxylation is 1. The van der Waals surface area contributed by atoms with E-state index in [9.17, 15) is 0 Å². The third kappa shape index (κ3) is 3.82. The molecule has 1 N–H and O–H groups in total. The zero-order valence-corrected chi connectivity index (χ0v) is 15.5. The predicted octanol–water partition coefficient (Wildman–Crippen LogP) is 4.73. The van der Waals surface area contributed by atoms with Gasteiger partial charge in [-0.2, -0.15) is 0 Å². The number of benzene rings is 1. The number of unbranched alkanes of at least 4 members (excludes halogenated alkanes) is 1. The van der Waals surface area contributed by atoms with Gasteiger partial charge in [-0.3, -0.25) is 4.98 Å². The molecule has 5 nitrogen and oxygen atoms in total. The highest BCUT2D eigenvalue weighted by molar-refractivity contribution is 5.76. The lowest BCUT2D eigenvalue weighted by molar-refractivity contribution is 0.761. The van der Waals surface area contributed by atoms with Crippen LogP contribution in [0.4, 0.5) is 0 Å². The van der Waals surface area contributed by atoms with Crippen molar-refractivity contribution in [2.45, 2.75) is 32.7 Å². The molecule has 0 amide bonds. The van der Waals surface area contributed by atoms with Crippen molar-refractivity contribution in [3.8, 4) is 22.6 Å². The van der Waals surface area contributed by atoms with E-state index in [2.05, 4.69) is 38.6 Å². The van der Waals surface area contributed by atoms with Crippen LogP contribution in [0.5, 0.6) is 0 Å². The van der Waals surface area contributed by atoms with Crippen molar-refractivity contribution in [2.24, 2.45) is 0 Å². The molecule has 1 aromatic carbocycles. The number of hydrogen-bond donors (Lipinski definition) is 1. The SMILES string of the molecule is CCCCc1ncc(-c2c(-c3ccccc3)ncn2Cc2ccncc2)[nH]1. The van der Waals surface area contributed by atoms with Gasteiger partial charge < -0.3 is 9.55 Å². The van der Waals surface area contributed by atoms with Gasteiger partial charge in [0.15, 0.2) is 0 Å². The second-order valence-electron chi connectivity index (χ2n) is 6.64. The Hall–Kier alpha value is -3.21. The number of H-pyrrole nitrogens is 1. The molecule has 27 heavy (non-hydrogen) atoms. The van der Waals surface area contributed by atoms with E-state index in [-0.39, 0.29) is 0 Å². The molecule has 4 rings (SSSR count). The van der Waals surface area contributed by atoms with Gasteiger partial charge >= 0.3 is 0 Å². The first kappa shape index (κ1) is 17.2. The molecule has 0 saturated heterocycles. The van der Waals surface area contributed by atoms with Crippen LogP contribution in [0.25, 0.3) is 22.6 Å². The first-order valence-corrected chi connectivity index (χ1v) is 9.39. The largest absolute Gasteiger partial charge is 0.341 e. The van der Waals surface area contributed by atoms with Crippen LogP contribution in [0.2, 0.25) is 0 Å². The average molecular weight is 357 g/mol. The molecule has 0 aliphatic rings. The van der Waals surface area contributed by atoms with Crippen LogP contribution in [0.3, 0.4) is 0 Å². The van der Waals surface area contributed by atoms with E-state index in [1.165, 1.54) is 5.56 Å². The maximum Gasteiger partial charge on any atom is 0.106 e. The Morgan fingerprint density at radius 3 is 2.59 bits per heavy atom. The highest BCUT2D eigenvalue weighted by Gasteiger charge is 2.17. The maximum absolute atomic E-state index is 4.73. The summed E-state index contributed by atoms with van der Waals surface area (Å²) in [6, 6.07) is 14.4. The lowest BCUT2D eigenvalue weighted by Crippen LogP contribution is -2.01. The topological polar surface area (TPSA) is 59.4 Å². The predicted molar refractivity (Wildman–Crippen MR) is 107 cm³/mol. The maximum atomic E-state index is 4.73. The molecule has 0 bridgehead atoms. The minimum absolute atomic E-state index is 0.737. The molecule has 0 aliphatic heterocycles. The fourth-order valence-electron chi connectivity index (χ4n) is 3.23. The molecule has 3 heterocycles.